The molecule has 4 rings (SSSR count). The lowest BCUT2D eigenvalue weighted by Gasteiger charge is -2.06. The summed E-state index contributed by atoms with van der Waals surface area (Å²) in [5, 5.41) is 2.93. The Bertz CT molecular complexity index is 1090. The van der Waals surface area contributed by atoms with E-state index in [0.717, 1.165) is 0 Å². The molecule has 0 aliphatic heterocycles. The summed E-state index contributed by atoms with van der Waals surface area (Å²) in [5.74, 6) is 0.640. The van der Waals surface area contributed by atoms with Gasteiger partial charge in [-0.15, -0.1) is 0 Å². The van der Waals surface area contributed by atoms with E-state index in [4.69, 9.17) is 4.74 Å². The van der Waals surface area contributed by atoms with Gasteiger partial charge in [-0.25, -0.2) is 19.9 Å². The molecule has 0 saturated heterocycles. The Morgan fingerprint density at radius 2 is 2.00 bits per heavy atom. The van der Waals surface area contributed by atoms with Crippen molar-refractivity contribution in [3.8, 4) is 17.3 Å². The molecule has 4 aromatic rings. The van der Waals surface area contributed by atoms with Crippen LogP contribution in [-0.4, -0.2) is 36.4 Å². The molecule has 0 bridgehead atoms. The highest BCUT2D eigenvalue weighted by Crippen LogP contribution is 2.36. The molecule has 27 heavy (non-hydrogen) atoms. The van der Waals surface area contributed by atoms with Gasteiger partial charge in [-0.2, -0.15) is 13.2 Å². The summed E-state index contributed by atoms with van der Waals surface area (Å²) in [4.78, 5) is 18.4. The number of imidazole rings is 2. The molecule has 4 heterocycles. The van der Waals surface area contributed by atoms with Crippen LogP contribution in [-0.2, 0) is 6.18 Å². The van der Waals surface area contributed by atoms with Crippen LogP contribution in [0.4, 0.5) is 24.8 Å². The predicted molar refractivity (Wildman–Crippen MR) is 89.6 cm³/mol. The van der Waals surface area contributed by atoms with Crippen LogP contribution >= 0.6 is 0 Å². The third-order valence-electron chi connectivity index (χ3n) is 3.71. The number of anilines is 2. The van der Waals surface area contributed by atoms with Crippen molar-refractivity contribution in [1.29, 1.82) is 0 Å². The average Bonchev–Trinajstić information content (AvgIpc) is 3.26. The maximum atomic E-state index is 13.4. The smallest absolute Gasteiger partial charge is 0.435 e. The van der Waals surface area contributed by atoms with Gasteiger partial charge < -0.3 is 15.0 Å². The summed E-state index contributed by atoms with van der Waals surface area (Å²) in [6.07, 6.45) is 1.01. The lowest BCUT2D eigenvalue weighted by atomic mass is 10.2. The van der Waals surface area contributed by atoms with E-state index in [1.54, 1.807) is 12.1 Å². The van der Waals surface area contributed by atoms with Gasteiger partial charge in [0.25, 0.3) is 0 Å². The first-order chi connectivity index (χ1) is 13.0. The number of alkyl halides is 3. The molecular weight excluding hydrogens is 363 g/mol. The number of hydrogen-bond acceptors (Lipinski definition) is 6. The van der Waals surface area contributed by atoms with Gasteiger partial charge in [-0.3, -0.25) is 4.40 Å². The van der Waals surface area contributed by atoms with Crippen molar-refractivity contribution < 1.29 is 17.9 Å². The maximum Gasteiger partial charge on any atom is 0.435 e. The summed E-state index contributed by atoms with van der Waals surface area (Å²) in [6.45, 7) is 0. The van der Waals surface area contributed by atoms with E-state index in [-0.39, 0.29) is 23.1 Å². The summed E-state index contributed by atoms with van der Waals surface area (Å²) in [5.41, 5.74) is -0.471. The van der Waals surface area contributed by atoms with Crippen LogP contribution in [0.1, 0.15) is 5.69 Å². The number of H-pyrrole nitrogens is 1. The van der Waals surface area contributed by atoms with Crippen molar-refractivity contribution in [3.63, 3.8) is 0 Å². The van der Waals surface area contributed by atoms with E-state index in [2.05, 4.69) is 30.2 Å². The van der Waals surface area contributed by atoms with Gasteiger partial charge in [0.15, 0.2) is 5.69 Å². The number of nitrogens with zero attached hydrogens (tertiary/aromatic N) is 5. The van der Waals surface area contributed by atoms with Gasteiger partial charge in [-0.1, -0.05) is 0 Å². The van der Waals surface area contributed by atoms with Gasteiger partial charge in [0.2, 0.25) is 17.6 Å². The first kappa shape index (κ1) is 16.8. The van der Waals surface area contributed by atoms with Crippen LogP contribution < -0.4 is 10.1 Å². The van der Waals surface area contributed by atoms with Crippen molar-refractivity contribution in [2.24, 2.45) is 0 Å². The standard InChI is InChI=1S/C16H12F3N7O/c1-27-11-4-3-9(7-21-11)23-14-22-8-10(24-14)12-13(16(17,18)19)25-15-20-5-2-6-26(12)15/h2-8H,1H3,(H2,22,23,24). The van der Waals surface area contributed by atoms with Crippen molar-refractivity contribution in [2.45, 2.75) is 6.18 Å². The van der Waals surface area contributed by atoms with Gasteiger partial charge in [0, 0.05) is 18.5 Å². The molecule has 0 atom stereocenters. The molecular formula is C16H12F3N7O. The Hall–Kier alpha value is -3.63. The first-order valence-electron chi connectivity index (χ1n) is 7.68. The van der Waals surface area contributed by atoms with E-state index in [9.17, 15) is 13.2 Å². The molecule has 4 aromatic heterocycles. The normalized spacial score (nSPS) is 11.7. The van der Waals surface area contributed by atoms with Crippen LogP contribution in [0.2, 0.25) is 0 Å². The second-order valence-corrected chi connectivity index (χ2v) is 5.46. The summed E-state index contributed by atoms with van der Waals surface area (Å²) in [6, 6.07) is 4.87. The molecule has 0 unspecified atom stereocenters. The molecule has 0 aliphatic carbocycles. The Kier molecular flexibility index (Phi) is 3.90. The minimum Gasteiger partial charge on any atom is -0.481 e. The molecule has 0 saturated carbocycles. The third kappa shape index (κ3) is 3.14. The minimum atomic E-state index is -4.64. The third-order valence-corrected chi connectivity index (χ3v) is 3.71. The zero-order valence-electron chi connectivity index (χ0n) is 13.8. The van der Waals surface area contributed by atoms with Crippen LogP contribution in [0.3, 0.4) is 0 Å². The number of hydrogen-bond donors (Lipinski definition) is 2. The van der Waals surface area contributed by atoms with Gasteiger partial charge in [-0.05, 0) is 12.1 Å². The highest BCUT2D eigenvalue weighted by Gasteiger charge is 2.39. The fraction of sp³-hybridized carbons (Fsp3) is 0.125. The molecule has 0 fully saturated rings. The van der Waals surface area contributed by atoms with E-state index in [1.807, 2.05) is 0 Å². The SMILES string of the molecule is COc1ccc(Nc2ncc(-c3c(C(F)(F)F)nc4ncccn34)[nH]2)cn1. The Labute approximate surface area is 150 Å². The number of pyridine rings is 1. The monoisotopic (exact) mass is 375 g/mol. The molecule has 0 aliphatic rings. The average molecular weight is 375 g/mol. The summed E-state index contributed by atoms with van der Waals surface area (Å²) >= 11 is 0. The molecule has 0 amide bonds. The van der Waals surface area contributed by atoms with Crippen molar-refractivity contribution in [3.05, 3.63) is 48.7 Å². The number of nitrogens with one attached hydrogen (secondary N) is 2. The zero-order valence-corrected chi connectivity index (χ0v) is 13.8. The van der Waals surface area contributed by atoms with Crippen molar-refractivity contribution in [1.82, 2.24) is 29.3 Å². The number of halogens is 3. The quantitative estimate of drug-likeness (QED) is 0.569. The molecule has 0 spiro atoms. The lowest BCUT2D eigenvalue weighted by Crippen LogP contribution is -2.08. The molecule has 11 heteroatoms. The Balaban J connectivity index is 1.72. The van der Waals surface area contributed by atoms with E-state index in [0.29, 0.717) is 11.6 Å². The number of aromatic nitrogens is 6. The number of ether oxygens (including phenoxy) is 1. The first-order valence-corrected chi connectivity index (χ1v) is 7.68. The van der Waals surface area contributed by atoms with E-state index >= 15 is 0 Å². The van der Waals surface area contributed by atoms with Crippen molar-refractivity contribution >= 4 is 17.4 Å². The number of methoxy groups -OCH3 is 1. The fourth-order valence-corrected chi connectivity index (χ4v) is 2.56. The van der Waals surface area contributed by atoms with Crippen molar-refractivity contribution in [2.75, 3.05) is 12.4 Å². The maximum absolute atomic E-state index is 13.4. The van der Waals surface area contributed by atoms with E-state index < -0.39 is 11.9 Å². The van der Waals surface area contributed by atoms with E-state index in [1.165, 1.54) is 42.4 Å². The summed E-state index contributed by atoms with van der Waals surface area (Å²) in [7, 11) is 1.50. The molecule has 138 valence electrons. The van der Waals surface area contributed by atoms with Crippen LogP contribution in [0, 0.1) is 0 Å². The minimum absolute atomic E-state index is 0.0525. The van der Waals surface area contributed by atoms with Gasteiger partial charge in [0.1, 0.15) is 5.69 Å². The van der Waals surface area contributed by atoms with Crippen LogP contribution in [0.5, 0.6) is 5.88 Å². The second kappa shape index (κ2) is 6.27. The molecule has 0 radical (unpaired) electrons. The molecule has 8 nitrogen and oxygen atoms in total. The largest absolute Gasteiger partial charge is 0.481 e. The van der Waals surface area contributed by atoms with Crippen LogP contribution in [0.25, 0.3) is 17.2 Å². The number of aromatic amines is 1. The Morgan fingerprint density at radius 3 is 2.70 bits per heavy atom. The Morgan fingerprint density at radius 1 is 1.15 bits per heavy atom. The molecule has 2 N–H and O–H groups in total. The predicted octanol–water partition coefficient (Wildman–Crippen LogP) is 3.29. The lowest BCUT2D eigenvalue weighted by molar-refractivity contribution is -0.140. The number of fused-ring (bicyclic) bond motifs is 1. The van der Waals surface area contributed by atoms with Gasteiger partial charge >= 0.3 is 6.18 Å². The topological polar surface area (TPSA) is 93.0 Å². The van der Waals surface area contributed by atoms with Gasteiger partial charge in [0.05, 0.1) is 30.9 Å². The highest BCUT2D eigenvalue weighted by molar-refractivity contribution is 5.65. The number of rotatable bonds is 4. The highest BCUT2D eigenvalue weighted by atomic mass is 19.4. The fourth-order valence-electron chi connectivity index (χ4n) is 2.56. The second-order valence-electron chi connectivity index (χ2n) is 5.46. The molecule has 0 aromatic carbocycles. The summed E-state index contributed by atoms with van der Waals surface area (Å²) < 4.78 is 46.5. The zero-order chi connectivity index (χ0) is 19.0. The van der Waals surface area contributed by atoms with Crippen LogP contribution in [0.15, 0.2) is 43.0 Å².